The van der Waals surface area contributed by atoms with Crippen LogP contribution in [0.5, 0.6) is 11.5 Å². The molecule has 102 valence electrons. The van der Waals surface area contributed by atoms with Crippen molar-refractivity contribution in [3.63, 3.8) is 0 Å². The molecule has 6 heteroatoms. The van der Waals surface area contributed by atoms with Gasteiger partial charge in [0.1, 0.15) is 0 Å². The smallest absolute Gasteiger partial charge is 0.481 e. The maximum Gasteiger partial charge on any atom is 0.586 e. The van der Waals surface area contributed by atoms with E-state index in [0.717, 1.165) is 12.8 Å². The van der Waals surface area contributed by atoms with Crippen molar-refractivity contribution in [1.29, 1.82) is 0 Å². The van der Waals surface area contributed by atoms with Gasteiger partial charge in [-0.25, -0.2) is 0 Å². The van der Waals surface area contributed by atoms with Crippen LogP contribution in [0.2, 0.25) is 0 Å². The third kappa shape index (κ3) is 1.82. The number of fused-ring (bicyclic) bond motifs is 1. The number of benzene rings is 1. The summed E-state index contributed by atoms with van der Waals surface area (Å²) in [7, 11) is 0. The summed E-state index contributed by atoms with van der Waals surface area (Å²) in [5.74, 6) is -1.09. The highest BCUT2D eigenvalue weighted by atomic mass is 19.3. The fraction of sp³-hybridized carbons (Fsp3) is 0.462. The zero-order valence-electron chi connectivity index (χ0n) is 9.99. The molecule has 0 atom stereocenters. The summed E-state index contributed by atoms with van der Waals surface area (Å²) in [4.78, 5) is 11.5. The quantitative estimate of drug-likeness (QED) is 0.897. The molecule has 3 rings (SSSR count). The summed E-state index contributed by atoms with van der Waals surface area (Å²) in [6.45, 7) is 0. The Balaban J connectivity index is 2.02. The van der Waals surface area contributed by atoms with E-state index in [4.69, 9.17) is 0 Å². The zero-order valence-corrected chi connectivity index (χ0v) is 9.99. The maximum absolute atomic E-state index is 12.9. The number of carboxylic acids is 1. The van der Waals surface area contributed by atoms with Gasteiger partial charge in [-0.3, -0.25) is 4.79 Å². The highest BCUT2D eigenvalue weighted by Crippen LogP contribution is 2.47. The number of rotatable bonds is 2. The minimum absolute atomic E-state index is 0.0627. The van der Waals surface area contributed by atoms with Crippen molar-refractivity contribution in [2.45, 2.75) is 37.4 Å². The van der Waals surface area contributed by atoms with Gasteiger partial charge in [-0.15, -0.1) is 8.78 Å². The lowest BCUT2D eigenvalue weighted by molar-refractivity contribution is -0.286. The van der Waals surface area contributed by atoms with Crippen molar-refractivity contribution in [3.8, 4) is 11.5 Å². The van der Waals surface area contributed by atoms with E-state index in [1.165, 1.54) is 18.2 Å². The normalized spacial score (nSPS) is 22.4. The van der Waals surface area contributed by atoms with Gasteiger partial charge in [0.05, 0.1) is 5.41 Å². The van der Waals surface area contributed by atoms with Gasteiger partial charge in [0.15, 0.2) is 11.5 Å². The molecule has 1 aliphatic heterocycles. The third-order valence-corrected chi connectivity index (χ3v) is 3.82. The van der Waals surface area contributed by atoms with Crippen LogP contribution in [-0.2, 0) is 10.2 Å². The molecule has 4 nitrogen and oxygen atoms in total. The molecule has 1 heterocycles. The van der Waals surface area contributed by atoms with Gasteiger partial charge < -0.3 is 14.6 Å². The fourth-order valence-corrected chi connectivity index (χ4v) is 2.85. The zero-order chi connectivity index (χ0) is 13.7. The summed E-state index contributed by atoms with van der Waals surface area (Å²) in [5.41, 5.74) is -0.492. The van der Waals surface area contributed by atoms with Crippen molar-refractivity contribution in [2.24, 2.45) is 0 Å². The molecular formula is C13H12F2O4. The Bertz CT molecular complexity index is 535. The second kappa shape index (κ2) is 3.82. The van der Waals surface area contributed by atoms with Gasteiger partial charge in [-0.05, 0) is 30.5 Å². The van der Waals surface area contributed by atoms with E-state index in [2.05, 4.69) is 9.47 Å². The largest absolute Gasteiger partial charge is 0.586 e. The molecule has 1 aromatic rings. The summed E-state index contributed by atoms with van der Waals surface area (Å²) in [6, 6.07) is 4.23. The molecule has 0 amide bonds. The van der Waals surface area contributed by atoms with Crippen LogP contribution in [0.15, 0.2) is 18.2 Å². The first-order valence-electron chi connectivity index (χ1n) is 6.07. The molecule has 0 unspecified atom stereocenters. The number of carbonyl (C=O) groups is 1. The van der Waals surface area contributed by atoms with Gasteiger partial charge in [0.2, 0.25) is 0 Å². The number of alkyl halides is 2. The molecule has 1 N–H and O–H groups in total. The van der Waals surface area contributed by atoms with E-state index in [-0.39, 0.29) is 11.5 Å². The third-order valence-electron chi connectivity index (χ3n) is 3.82. The molecule has 1 saturated carbocycles. The molecular weight excluding hydrogens is 258 g/mol. The van der Waals surface area contributed by atoms with E-state index >= 15 is 0 Å². The van der Waals surface area contributed by atoms with E-state index in [1.807, 2.05) is 0 Å². The Hall–Kier alpha value is -1.85. The molecule has 1 aliphatic carbocycles. The standard InChI is InChI=1S/C13H12F2O4/c14-13(15)18-9-4-3-8(7-10(9)19-13)12(11(16)17)5-1-2-6-12/h3-4,7H,1-2,5-6H2,(H,16,17). The van der Waals surface area contributed by atoms with Crippen LogP contribution in [0.25, 0.3) is 0 Å². The monoisotopic (exact) mass is 270 g/mol. The molecule has 0 aromatic heterocycles. The number of aliphatic carboxylic acids is 1. The molecule has 0 spiro atoms. The van der Waals surface area contributed by atoms with Crippen LogP contribution in [-0.4, -0.2) is 17.4 Å². The summed E-state index contributed by atoms with van der Waals surface area (Å²) >= 11 is 0. The molecule has 1 aromatic carbocycles. The Labute approximate surface area is 107 Å². The lowest BCUT2D eigenvalue weighted by Crippen LogP contribution is -2.32. The highest BCUT2D eigenvalue weighted by Gasteiger charge is 2.47. The van der Waals surface area contributed by atoms with Crippen molar-refractivity contribution in [1.82, 2.24) is 0 Å². The Morgan fingerprint density at radius 1 is 1.16 bits per heavy atom. The lowest BCUT2D eigenvalue weighted by Gasteiger charge is -2.24. The predicted molar refractivity (Wildman–Crippen MR) is 60.4 cm³/mol. The van der Waals surface area contributed by atoms with Crippen LogP contribution >= 0.6 is 0 Å². The summed E-state index contributed by atoms with van der Waals surface area (Å²) < 4.78 is 34.6. The minimum atomic E-state index is -3.67. The van der Waals surface area contributed by atoms with Crippen molar-refractivity contribution >= 4 is 5.97 Å². The number of ether oxygens (including phenoxy) is 2. The molecule has 2 aliphatic rings. The highest BCUT2D eigenvalue weighted by molar-refractivity contribution is 5.82. The van der Waals surface area contributed by atoms with Gasteiger partial charge >= 0.3 is 12.3 Å². The van der Waals surface area contributed by atoms with Crippen molar-refractivity contribution < 1.29 is 28.2 Å². The first kappa shape index (κ1) is 12.2. The van der Waals surface area contributed by atoms with E-state index < -0.39 is 17.7 Å². The maximum atomic E-state index is 12.9. The van der Waals surface area contributed by atoms with E-state index in [0.29, 0.717) is 18.4 Å². The topological polar surface area (TPSA) is 55.8 Å². The first-order valence-corrected chi connectivity index (χ1v) is 6.07. The molecule has 19 heavy (non-hydrogen) atoms. The number of hydrogen-bond acceptors (Lipinski definition) is 3. The van der Waals surface area contributed by atoms with Crippen LogP contribution < -0.4 is 9.47 Å². The number of hydrogen-bond donors (Lipinski definition) is 1. The first-order chi connectivity index (χ1) is 8.93. The van der Waals surface area contributed by atoms with Crippen LogP contribution in [0.4, 0.5) is 8.78 Å². The Morgan fingerprint density at radius 3 is 2.42 bits per heavy atom. The van der Waals surface area contributed by atoms with E-state index in [1.54, 1.807) is 0 Å². The number of carboxylic acid groups (broad SMARTS) is 1. The van der Waals surface area contributed by atoms with Gasteiger partial charge in [0.25, 0.3) is 0 Å². The SMILES string of the molecule is O=C(O)C1(c2ccc3c(c2)OC(F)(F)O3)CCCC1. The molecule has 0 bridgehead atoms. The Kier molecular flexibility index (Phi) is 2.45. The average molecular weight is 270 g/mol. The fourth-order valence-electron chi connectivity index (χ4n) is 2.85. The van der Waals surface area contributed by atoms with Crippen molar-refractivity contribution in [3.05, 3.63) is 23.8 Å². The molecule has 0 radical (unpaired) electrons. The van der Waals surface area contributed by atoms with Gasteiger partial charge in [-0.1, -0.05) is 18.9 Å². The van der Waals surface area contributed by atoms with E-state index in [9.17, 15) is 18.7 Å². The summed E-state index contributed by atoms with van der Waals surface area (Å²) in [5, 5.41) is 9.45. The molecule has 1 fully saturated rings. The van der Waals surface area contributed by atoms with Gasteiger partial charge in [-0.2, -0.15) is 0 Å². The minimum Gasteiger partial charge on any atom is -0.481 e. The predicted octanol–water partition coefficient (Wildman–Crippen LogP) is 2.90. The number of halogens is 2. The van der Waals surface area contributed by atoms with Crippen LogP contribution in [0, 0.1) is 0 Å². The lowest BCUT2D eigenvalue weighted by atomic mass is 9.79. The summed E-state index contributed by atoms with van der Waals surface area (Å²) in [6.07, 6.45) is -1.02. The Morgan fingerprint density at radius 2 is 1.79 bits per heavy atom. The van der Waals surface area contributed by atoms with Crippen LogP contribution in [0.3, 0.4) is 0 Å². The molecule has 0 saturated heterocycles. The second-order valence-corrected chi connectivity index (χ2v) is 4.92. The average Bonchev–Trinajstić information content (AvgIpc) is 2.90. The van der Waals surface area contributed by atoms with Gasteiger partial charge in [0, 0.05) is 0 Å². The van der Waals surface area contributed by atoms with Crippen LogP contribution in [0.1, 0.15) is 31.2 Å². The van der Waals surface area contributed by atoms with Crippen molar-refractivity contribution in [2.75, 3.05) is 0 Å². The second-order valence-electron chi connectivity index (χ2n) is 4.92.